The minimum atomic E-state index is -0.949. The zero-order valence-corrected chi connectivity index (χ0v) is 13.9. The number of amides is 3. The molecule has 2 aromatic heterocycles. The van der Waals surface area contributed by atoms with Gasteiger partial charge in [-0.25, -0.2) is 9.59 Å². The van der Waals surface area contributed by atoms with Crippen LogP contribution in [0.15, 0.2) is 20.7 Å². The molecule has 1 atom stereocenters. The largest absolute Gasteiger partial charge is 0.437 e. The molecule has 0 radical (unpaired) electrons. The Balaban J connectivity index is 1.59. The molecule has 1 aliphatic carbocycles. The van der Waals surface area contributed by atoms with E-state index in [4.69, 9.17) is 4.42 Å². The van der Waals surface area contributed by atoms with Crippen LogP contribution in [0.25, 0.3) is 0 Å². The summed E-state index contributed by atoms with van der Waals surface area (Å²) >= 11 is 1.62. The number of carbonyl (C=O) groups is 2. The summed E-state index contributed by atoms with van der Waals surface area (Å²) in [6.07, 6.45) is 2.39. The predicted octanol–water partition coefficient (Wildman–Crippen LogP) is 0.990. The minimum Gasteiger partial charge on any atom is -0.393 e. The first-order chi connectivity index (χ1) is 11.5. The molecule has 1 aliphatic heterocycles. The maximum atomic E-state index is 13.0. The Kier molecular flexibility index (Phi) is 3.34. The first kappa shape index (κ1) is 15.1. The smallest absolute Gasteiger partial charge is 0.393 e. The van der Waals surface area contributed by atoms with Gasteiger partial charge >= 0.3 is 11.8 Å². The Morgan fingerprint density at radius 3 is 2.96 bits per heavy atom. The standard InChI is InChI=1S/C15H16N4O4S/c1-9-17-19(14(22)23-9)7-6-18-12(20)15(16-13(18)21)5-2-3-11-10(15)4-8-24-11/h4,8H,2-3,5-7H2,1H3,(H,16,21). The lowest BCUT2D eigenvalue weighted by molar-refractivity contribution is -0.132. The van der Waals surface area contributed by atoms with Crippen LogP contribution in [-0.4, -0.2) is 33.2 Å². The molecular weight excluding hydrogens is 332 g/mol. The third-order valence-corrected chi connectivity index (χ3v) is 5.56. The fourth-order valence-corrected chi connectivity index (χ4v) is 4.49. The summed E-state index contributed by atoms with van der Waals surface area (Å²) in [6, 6.07) is 1.50. The third kappa shape index (κ3) is 2.11. The highest BCUT2D eigenvalue weighted by molar-refractivity contribution is 7.10. The van der Waals surface area contributed by atoms with Gasteiger partial charge in [0.2, 0.25) is 5.89 Å². The molecule has 1 spiro atoms. The number of hydrogen-bond acceptors (Lipinski definition) is 6. The van der Waals surface area contributed by atoms with E-state index < -0.39 is 17.3 Å². The van der Waals surface area contributed by atoms with E-state index in [0.29, 0.717) is 6.42 Å². The lowest BCUT2D eigenvalue weighted by Crippen LogP contribution is -2.46. The van der Waals surface area contributed by atoms with Crippen LogP contribution in [-0.2, 0) is 23.3 Å². The van der Waals surface area contributed by atoms with Crippen LogP contribution in [0.3, 0.4) is 0 Å². The molecule has 0 saturated carbocycles. The van der Waals surface area contributed by atoms with Crippen molar-refractivity contribution in [1.29, 1.82) is 0 Å². The van der Waals surface area contributed by atoms with Crippen molar-refractivity contribution in [2.75, 3.05) is 6.54 Å². The van der Waals surface area contributed by atoms with Gasteiger partial charge in [-0.15, -0.1) is 16.4 Å². The number of rotatable bonds is 3. The molecule has 2 aromatic rings. The summed E-state index contributed by atoms with van der Waals surface area (Å²) in [5.41, 5.74) is -0.0379. The Labute approximate surface area is 141 Å². The fourth-order valence-electron chi connectivity index (χ4n) is 3.49. The van der Waals surface area contributed by atoms with Crippen LogP contribution in [0.1, 0.15) is 29.2 Å². The van der Waals surface area contributed by atoms with E-state index in [1.807, 2.05) is 11.4 Å². The number of nitrogens with zero attached hydrogens (tertiary/aromatic N) is 3. The van der Waals surface area contributed by atoms with Crippen molar-refractivity contribution in [1.82, 2.24) is 20.0 Å². The van der Waals surface area contributed by atoms with Crippen molar-refractivity contribution in [2.24, 2.45) is 0 Å². The molecule has 126 valence electrons. The minimum absolute atomic E-state index is 0.0811. The molecule has 1 saturated heterocycles. The van der Waals surface area contributed by atoms with Crippen LogP contribution in [0.2, 0.25) is 0 Å². The third-order valence-electron chi connectivity index (χ3n) is 4.58. The first-order valence-corrected chi connectivity index (χ1v) is 8.65. The van der Waals surface area contributed by atoms with E-state index in [2.05, 4.69) is 10.4 Å². The summed E-state index contributed by atoms with van der Waals surface area (Å²) in [7, 11) is 0. The fraction of sp³-hybridized carbons (Fsp3) is 0.467. The summed E-state index contributed by atoms with van der Waals surface area (Å²) in [6.45, 7) is 1.76. The molecule has 4 rings (SSSR count). The number of carbonyl (C=O) groups excluding carboxylic acids is 2. The topological polar surface area (TPSA) is 97.4 Å². The number of hydrogen-bond donors (Lipinski definition) is 1. The zero-order valence-electron chi connectivity index (χ0n) is 13.1. The monoisotopic (exact) mass is 348 g/mol. The first-order valence-electron chi connectivity index (χ1n) is 7.77. The van der Waals surface area contributed by atoms with Crippen molar-refractivity contribution in [2.45, 2.75) is 38.3 Å². The van der Waals surface area contributed by atoms with Crippen molar-refractivity contribution in [3.8, 4) is 0 Å². The van der Waals surface area contributed by atoms with E-state index in [-0.39, 0.29) is 24.9 Å². The van der Waals surface area contributed by atoms with Crippen LogP contribution in [0, 0.1) is 6.92 Å². The molecule has 0 bridgehead atoms. The Bertz CT molecular complexity index is 882. The van der Waals surface area contributed by atoms with Gasteiger partial charge in [0.05, 0.1) is 13.1 Å². The molecular formula is C15H16N4O4S. The summed E-state index contributed by atoms with van der Waals surface area (Å²) < 4.78 is 5.95. The summed E-state index contributed by atoms with van der Waals surface area (Å²) in [5, 5.41) is 8.76. The maximum absolute atomic E-state index is 13.0. The van der Waals surface area contributed by atoms with Crippen molar-refractivity contribution >= 4 is 23.3 Å². The second kappa shape index (κ2) is 5.30. The number of fused-ring (bicyclic) bond motifs is 2. The van der Waals surface area contributed by atoms with Gasteiger partial charge in [0, 0.05) is 17.4 Å². The van der Waals surface area contributed by atoms with Crippen molar-refractivity contribution < 1.29 is 14.0 Å². The van der Waals surface area contributed by atoms with E-state index in [9.17, 15) is 14.4 Å². The SMILES string of the molecule is Cc1nn(CCN2C(=O)NC3(CCCc4sccc43)C2=O)c(=O)o1. The number of thiophene rings is 1. The molecule has 3 heterocycles. The average Bonchev–Trinajstić information content (AvgIpc) is 3.19. The summed E-state index contributed by atoms with van der Waals surface area (Å²) in [5.74, 6) is -0.587. The maximum Gasteiger partial charge on any atom is 0.437 e. The number of aryl methyl sites for hydroxylation is 2. The highest BCUT2D eigenvalue weighted by Crippen LogP contribution is 2.41. The van der Waals surface area contributed by atoms with Crippen molar-refractivity contribution in [3.63, 3.8) is 0 Å². The lowest BCUT2D eigenvalue weighted by atomic mass is 9.80. The predicted molar refractivity (Wildman–Crippen MR) is 84.7 cm³/mol. The van der Waals surface area contributed by atoms with Crippen molar-refractivity contribution in [3.05, 3.63) is 38.3 Å². The van der Waals surface area contributed by atoms with Crippen LogP contribution in [0.5, 0.6) is 0 Å². The molecule has 1 fully saturated rings. The van der Waals surface area contributed by atoms with Gasteiger partial charge in [-0.05, 0) is 30.7 Å². The molecule has 24 heavy (non-hydrogen) atoms. The Hall–Kier alpha value is -2.42. The van der Waals surface area contributed by atoms with Gasteiger partial charge in [-0.2, -0.15) is 4.68 Å². The van der Waals surface area contributed by atoms with Gasteiger partial charge in [-0.1, -0.05) is 0 Å². The van der Waals surface area contributed by atoms with Gasteiger partial charge in [0.1, 0.15) is 5.54 Å². The van der Waals surface area contributed by atoms with Gasteiger partial charge in [0.25, 0.3) is 5.91 Å². The Morgan fingerprint density at radius 1 is 1.38 bits per heavy atom. The highest BCUT2D eigenvalue weighted by Gasteiger charge is 2.54. The molecule has 0 aromatic carbocycles. The molecule has 1 N–H and O–H groups in total. The Morgan fingerprint density at radius 2 is 2.21 bits per heavy atom. The molecule has 3 amide bonds. The van der Waals surface area contributed by atoms with Crippen LogP contribution < -0.4 is 11.1 Å². The number of aromatic nitrogens is 2. The number of imide groups is 1. The zero-order chi connectivity index (χ0) is 16.9. The molecule has 9 heteroatoms. The van der Waals surface area contributed by atoms with E-state index in [1.54, 1.807) is 18.3 Å². The van der Waals surface area contributed by atoms with E-state index in [1.165, 1.54) is 4.90 Å². The van der Waals surface area contributed by atoms with Crippen LogP contribution >= 0.6 is 11.3 Å². The quantitative estimate of drug-likeness (QED) is 0.834. The summed E-state index contributed by atoms with van der Waals surface area (Å²) in [4.78, 5) is 39.2. The lowest BCUT2D eigenvalue weighted by Gasteiger charge is -2.31. The molecule has 1 unspecified atom stereocenters. The number of urea groups is 1. The second-order valence-electron chi connectivity index (χ2n) is 6.01. The normalized spacial score (nSPS) is 23.0. The van der Waals surface area contributed by atoms with Gasteiger partial charge in [0.15, 0.2) is 0 Å². The molecule has 8 nitrogen and oxygen atoms in total. The van der Waals surface area contributed by atoms with E-state index >= 15 is 0 Å². The number of nitrogens with one attached hydrogen (secondary N) is 1. The highest BCUT2D eigenvalue weighted by atomic mass is 32.1. The second-order valence-corrected chi connectivity index (χ2v) is 7.01. The average molecular weight is 348 g/mol. The molecule has 2 aliphatic rings. The van der Waals surface area contributed by atoms with Gasteiger partial charge < -0.3 is 9.73 Å². The van der Waals surface area contributed by atoms with Gasteiger partial charge in [-0.3, -0.25) is 9.69 Å². The van der Waals surface area contributed by atoms with Crippen LogP contribution in [0.4, 0.5) is 4.79 Å². The van der Waals surface area contributed by atoms with E-state index in [0.717, 1.165) is 28.0 Å².